The average molecular weight is 491 g/mol. The number of thiazole rings is 1. The first-order chi connectivity index (χ1) is 15.0. The highest BCUT2D eigenvalue weighted by molar-refractivity contribution is 7.99. The minimum Gasteiger partial charge on any atom is -0.301 e. The van der Waals surface area contributed by atoms with Gasteiger partial charge in [0.15, 0.2) is 5.13 Å². The molecule has 0 saturated heterocycles. The molecule has 2 aromatic heterocycles. The highest BCUT2D eigenvalue weighted by Crippen LogP contribution is 2.27. The van der Waals surface area contributed by atoms with E-state index >= 15 is 0 Å². The van der Waals surface area contributed by atoms with E-state index in [0.29, 0.717) is 26.8 Å². The minimum absolute atomic E-state index is 0.154. The second-order valence-electron chi connectivity index (χ2n) is 6.59. The normalized spacial score (nSPS) is 10.9. The largest absolute Gasteiger partial charge is 0.301 e. The third-order valence-corrected chi connectivity index (χ3v) is 6.66. The Balaban J connectivity index is 1.35. The maximum absolute atomic E-state index is 12.4. The number of aryl methyl sites for hydroxylation is 1. The van der Waals surface area contributed by atoms with E-state index in [1.165, 1.54) is 23.1 Å². The molecule has 158 valence electrons. The summed E-state index contributed by atoms with van der Waals surface area (Å²) in [6.07, 6.45) is 2.32. The Morgan fingerprint density at radius 2 is 2.00 bits per heavy atom. The van der Waals surface area contributed by atoms with Gasteiger partial charge in [-0.1, -0.05) is 52.7 Å². The van der Waals surface area contributed by atoms with Crippen molar-refractivity contribution in [2.45, 2.75) is 18.5 Å². The highest BCUT2D eigenvalue weighted by atomic mass is 35.5. The first kappa shape index (κ1) is 21.8. The summed E-state index contributed by atoms with van der Waals surface area (Å²) >= 11 is 14.9. The van der Waals surface area contributed by atoms with Gasteiger partial charge in [-0.2, -0.15) is 4.68 Å². The van der Waals surface area contributed by atoms with Crippen molar-refractivity contribution < 1.29 is 4.79 Å². The molecule has 0 atom stereocenters. The van der Waals surface area contributed by atoms with Crippen LogP contribution in [0.25, 0.3) is 5.69 Å². The Hall–Kier alpha value is -2.46. The van der Waals surface area contributed by atoms with Gasteiger partial charge in [0.2, 0.25) is 11.1 Å². The number of hydrogen-bond acceptors (Lipinski definition) is 7. The van der Waals surface area contributed by atoms with Crippen molar-refractivity contribution in [3.8, 4) is 5.69 Å². The van der Waals surface area contributed by atoms with Gasteiger partial charge in [-0.25, -0.2) is 4.98 Å². The molecule has 1 amide bonds. The lowest BCUT2D eigenvalue weighted by atomic mass is 10.1. The second kappa shape index (κ2) is 9.78. The van der Waals surface area contributed by atoms with Crippen molar-refractivity contribution in [3.05, 3.63) is 74.7 Å². The number of carbonyl (C=O) groups excluding carboxylic acids is 1. The monoisotopic (exact) mass is 490 g/mol. The molecule has 4 aromatic rings. The molecule has 0 unspecified atom stereocenters. The summed E-state index contributed by atoms with van der Waals surface area (Å²) in [6, 6.07) is 13.2. The van der Waals surface area contributed by atoms with Gasteiger partial charge >= 0.3 is 0 Å². The number of carbonyl (C=O) groups is 1. The van der Waals surface area contributed by atoms with Crippen LogP contribution in [-0.4, -0.2) is 36.9 Å². The number of rotatable bonds is 7. The first-order valence-electron chi connectivity index (χ1n) is 9.14. The van der Waals surface area contributed by atoms with Crippen molar-refractivity contribution >= 4 is 57.3 Å². The fourth-order valence-corrected chi connectivity index (χ4v) is 4.64. The predicted molar refractivity (Wildman–Crippen MR) is 125 cm³/mol. The fourth-order valence-electron chi connectivity index (χ4n) is 2.72. The van der Waals surface area contributed by atoms with Crippen molar-refractivity contribution in [1.82, 2.24) is 25.2 Å². The SMILES string of the molecule is Cc1ccc(-n2nnnc2SCC(=O)Nc2ncc(Cc3cc(Cl)ccc3Cl)s2)cc1. The van der Waals surface area contributed by atoms with E-state index < -0.39 is 0 Å². The summed E-state index contributed by atoms with van der Waals surface area (Å²) in [5.74, 6) is -0.0356. The number of anilines is 1. The Morgan fingerprint density at radius 1 is 1.19 bits per heavy atom. The van der Waals surface area contributed by atoms with E-state index in [0.717, 1.165) is 21.7 Å². The van der Waals surface area contributed by atoms with Crippen molar-refractivity contribution in [2.24, 2.45) is 0 Å². The number of halogens is 2. The van der Waals surface area contributed by atoms with Crippen LogP contribution in [0.1, 0.15) is 16.0 Å². The predicted octanol–water partition coefficient (Wildman–Crippen LogP) is 5.06. The summed E-state index contributed by atoms with van der Waals surface area (Å²) in [6.45, 7) is 2.01. The number of amides is 1. The number of benzene rings is 2. The number of nitrogens with zero attached hydrogens (tertiary/aromatic N) is 5. The van der Waals surface area contributed by atoms with Gasteiger partial charge in [-0.15, -0.1) is 16.4 Å². The molecule has 31 heavy (non-hydrogen) atoms. The minimum atomic E-state index is -0.190. The molecule has 0 bridgehead atoms. The molecule has 4 rings (SSSR count). The molecule has 0 fully saturated rings. The molecular weight excluding hydrogens is 475 g/mol. The Bertz CT molecular complexity index is 1210. The Morgan fingerprint density at radius 3 is 2.81 bits per heavy atom. The van der Waals surface area contributed by atoms with Gasteiger partial charge in [-0.3, -0.25) is 4.79 Å². The van der Waals surface area contributed by atoms with Gasteiger partial charge in [0.05, 0.1) is 11.4 Å². The molecule has 0 aliphatic rings. The maximum atomic E-state index is 12.4. The van der Waals surface area contributed by atoms with E-state index in [4.69, 9.17) is 23.2 Å². The summed E-state index contributed by atoms with van der Waals surface area (Å²) in [7, 11) is 0. The highest BCUT2D eigenvalue weighted by Gasteiger charge is 2.13. The molecule has 2 heterocycles. The average Bonchev–Trinajstić information content (AvgIpc) is 3.39. The summed E-state index contributed by atoms with van der Waals surface area (Å²) in [5, 5.41) is 16.9. The first-order valence-corrected chi connectivity index (χ1v) is 11.7. The molecule has 0 aliphatic carbocycles. The number of tetrazole rings is 1. The van der Waals surface area contributed by atoms with Crippen LogP contribution in [0.4, 0.5) is 5.13 Å². The van der Waals surface area contributed by atoms with E-state index in [1.807, 2.05) is 37.3 Å². The number of hydrogen-bond donors (Lipinski definition) is 1. The maximum Gasteiger partial charge on any atom is 0.236 e. The molecule has 2 aromatic carbocycles. The molecule has 0 spiro atoms. The van der Waals surface area contributed by atoms with Crippen LogP contribution in [0.5, 0.6) is 0 Å². The zero-order chi connectivity index (χ0) is 21.8. The van der Waals surface area contributed by atoms with Gasteiger partial charge in [-0.05, 0) is 53.2 Å². The van der Waals surface area contributed by atoms with Crippen LogP contribution in [0.2, 0.25) is 10.0 Å². The Labute approximate surface area is 196 Å². The van der Waals surface area contributed by atoms with E-state index in [-0.39, 0.29) is 11.7 Å². The number of thioether (sulfide) groups is 1. The summed E-state index contributed by atoms with van der Waals surface area (Å²) < 4.78 is 1.60. The van der Waals surface area contributed by atoms with Gasteiger partial charge < -0.3 is 5.32 Å². The zero-order valence-corrected chi connectivity index (χ0v) is 19.4. The molecule has 0 saturated carbocycles. The lowest BCUT2D eigenvalue weighted by molar-refractivity contribution is -0.113. The Kier molecular flexibility index (Phi) is 6.86. The van der Waals surface area contributed by atoms with Gasteiger partial charge in [0, 0.05) is 27.5 Å². The molecular formula is C20H16Cl2N6OS2. The fraction of sp³-hybridized carbons (Fsp3) is 0.150. The van der Waals surface area contributed by atoms with Crippen LogP contribution in [0.3, 0.4) is 0 Å². The molecule has 0 aliphatic heterocycles. The molecule has 1 N–H and O–H groups in total. The second-order valence-corrected chi connectivity index (χ2v) is 9.49. The van der Waals surface area contributed by atoms with Crippen LogP contribution in [0.15, 0.2) is 53.8 Å². The molecule has 0 radical (unpaired) electrons. The summed E-state index contributed by atoms with van der Waals surface area (Å²) in [5.41, 5.74) is 2.89. The molecule has 7 nitrogen and oxygen atoms in total. The van der Waals surface area contributed by atoms with Gasteiger partial charge in [0.1, 0.15) is 0 Å². The zero-order valence-electron chi connectivity index (χ0n) is 16.2. The van der Waals surface area contributed by atoms with Crippen LogP contribution < -0.4 is 5.32 Å². The standard InChI is InChI=1S/C20H16Cl2N6OS2/c1-12-2-5-15(6-3-12)28-20(25-26-27-28)30-11-18(29)24-19-23-10-16(31-19)9-13-8-14(21)4-7-17(13)22/h2-8,10H,9,11H2,1H3,(H,23,24,29). The van der Waals surface area contributed by atoms with Crippen LogP contribution in [-0.2, 0) is 11.2 Å². The van der Waals surface area contributed by atoms with E-state index in [2.05, 4.69) is 25.8 Å². The van der Waals surface area contributed by atoms with E-state index in [9.17, 15) is 4.79 Å². The molecule has 11 heteroatoms. The van der Waals surface area contributed by atoms with Crippen molar-refractivity contribution in [2.75, 3.05) is 11.1 Å². The van der Waals surface area contributed by atoms with Crippen molar-refractivity contribution in [3.63, 3.8) is 0 Å². The number of nitrogens with one attached hydrogen (secondary N) is 1. The quantitative estimate of drug-likeness (QED) is 0.364. The van der Waals surface area contributed by atoms with Crippen LogP contribution >= 0.6 is 46.3 Å². The lowest BCUT2D eigenvalue weighted by Gasteiger charge is -2.05. The third-order valence-electron chi connectivity index (χ3n) is 4.22. The van der Waals surface area contributed by atoms with E-state index in [1.54, 1.807) is 23.0 Å². The number of aromatic nitrogens is 5. The smallest absolute Gasteiger partial charge is 0.236 e. The third kappa shape index (κ3) is 5.62. The lowest BCUT2D eigenvalue weighted by Crippen LogP contribution is -2.14. The summed E-state index contributed by atoms with van der Waals surface area (Å²) in [4.78, 5) is 17.6. The topological polar surface area (TPSA) is 85.6 Å². The van der Waals surface area contributed by atoms with Crippen molar-refractivity contribution in [1.29, 1.82) is 0 Å². The van der Waals surface area contributed by atoms with Gasteiger partial charge in [0.25, 0.3) is 0 Å². The van der Waals surface area contributed by atoms with Crippen LogP contribution in [0, 0.1) is 6.92 Å².